The molecular weight excluding hydrogens is 290 g/mol. The van der Waals surface area contributed by atoms with Crippen LogP contribution in [0.3, 0.4) is 0 Å². The van der Waals surface area contributed by atoms with Gasteiger partial charge in [-0.1, -0.05) is 38.7 Å². The van der Waals surface area contributed by atoms with Crippen LogP contribution in [-0.2, 0) is 0 Å². The van der Waals surface area contributed by atoms with Gasteiger partial charge < -0.3 is 0 Å². The Morgan fingerprint density at radius 3 is 2.69 bits per heavy atom. The molecule has 16 heavy (non-hydrogen) atoms. The zero-order valence-corrected chi connectivity index (χ0v) is 11.8. The molecule has 90 valence electrons. The molecule has 0 aliphatic carbocycles. The van der Waals surface area contributed by atoms with Crippen molar-refractivity contribution in [3.05, 3.63) is 34.1 Å². The van der Waals surface area contributed by atoms with Gasteiger partial charge in [0.25, 0.3) is 0 Å². The van der Waals surface area contributed by atoms with Crippen molar-refractivity contribution in [3.8, 4) is 0 Å². The fourth-order valence-corrected chi connectivity index (χ4v) is 2.31. The first-order chi connectivity index (χ1) is 7.65. The Morgan fingerprint density at radius 1 is 1.31 bits per heavy atom. The summed E-state index contributed by atoms with van der Waals surface area (Å²) in [6.45, 7) is 2.19. The maximum Gasteiger partial charge on any atom is 0.137 e. The van der Waals surface area contributed by atoms with Gasteiger partial charge in [0.1, 0.15) is 5.82 Å². The number of unbranched alkanes of at least 4 members (excludes halogenated alkanes) is 3. The van der Waals surface area contributed by atoms with Crippen molar-refractivity contribution in [2.75, 3.05) is 0 Å². The van der Waals surface area contributed by atoms with E-state index in [4.69, 9.17) is 11.6 Å². The van der Waals surface area contributed by atoms with Crippen molar-refractivity contribution in [3.63, 3.8) is 0 Å². The first kappa shape index (κ1) is 14.0. The smallest absolute Gasteiger partial charge is 0.137 e. The van der Waals surface area contributed by atoms with E-state index in [2.05, 4.69) is 22.9 Å². The van der Waals surface area contributed by atoms with Crippen molar-refractivity contribution in [2.24, 2.45) is 0 Å². The van der Waals surface area contributed by atoms with Crippen LogP contribution in [0.25, 0.3) is 0 Å². The monoisotopic (exact) mass is 306 g/mol. The summed E-state index contributed by atoms with van der Waals surface area (Å²) in [6, 6.07) is 4.99. The van der Waals surface area contributed by atoms with Gasteiger partial charge in [-0.05, 0) is 40.0 Å². The molecule has 0 bridgehead atoms. The molecule has 0 heterocycles. The summed E-state index contributed by atoms with van der Waals surface area (Å²) in [7, 11) is 0. The molecule has 0 fully saturated rings. The second kappa shape index (κ2) is 7.29. The van der Waals surface area contributed by atoms with Crippen molar-refractivity contribution in [2.45, 2.75) is 44.4 Å². The van der Waals surface area contributed by atoms with Gasteiger partial charge in [-0.25, -0.2) is 4.39 Å². The molecule has 0 amide bonds. The minimum absolute atomic E-state index is 0.00578. The Morgan fingerprint density at radius 2 is 2.06 bits per heavy atom. The lowest BCUT2D eigenvalue weighted by atomic mass is 10.1. The second-order valence-electron chi connectivity index (χ2n) is 3.99. The highest BCUT2D eigenvalue weighted by molar-refractivity contribution is 9.10. The molecule has 0 saturated heterocycles. The van der Waals surface area contributed by atoms with Gasteiger partial charge in [0.15, 0.2) is 0 Å². The van der Waals surface area contributed by atoms with Crippen molar-refractivity contribution in [1.29, 1.82) is 0 Å². The van der Waals surface area contributed by atoms with Crippen LogP contribution in [0.1, 0.15) is 50.0 Å². The zero-order valence-electron chi connectivity index (χ0n) is 9.48. The largest absolute Gasteiger partial charge is 0.206 e. The Hall–Kier alpha value is -0.0800. The Labute approximate surface area is 110 Å². The summed E-state index contributed by atoms with van der Waals surface area (Å²) >= 11 is 9.44. The van der Waals surface area contributed by atoms with Gasteiger partial charge in [0, 0.05) is 0 Å². The quantitative estimate of drug-likeness (QED) is 0.457. The van der Waals surface area contributed by atoms with Crippen LogP contribution in [0, 0.1) is 5.82 Å². The molecular formula is C13H17BrClF. The number of rotatable bonds is 6. The third-order valence-corrected chi connectivity index (χ3v) is 3.69. The van der Waals surface area contributed by atoms with E-state index < -0.39 is 0 Å². The molecule has 0 aromatic heterocycles. The maximum absolute atomic E-state index is 13.0. The third kappa shape index (κ3) is 4.42. The van der Waals surface area contributed by atoms with Crippen molar-refractivity contribution >= 4 is 27.5 Å². The predicted octanol–water partition coefficient (Wildman–Crippen LogP) is 5.84. The minimum Gasteiger partial charge on any atom is -0.206 e. The average Bonchev–Trinajstić information content (AvgIpc) is 2.28. The van der Waals surface area contributed by atoms with E-state index in [-0.39, 0.29) is 11.2 Å². The molecule has 1 aromatic carbocycles. The fraction of sp³-hybridized carbons (Fsp3) is 0.538. The van der Waals surface area contributed by atoms with Crippen LogP contribution in [0.2, 0.25) is 0 Å². The van der Waals surface area contributed by atoms with Gasteiger partial charge in [-0.2, -0.15) is 0 Å². The number of hydrogen-bond acceptors (Lipinski definition) is 0. The highest BCUT2D eigenvalue weighted by Gasteiger charge is 2.09. The van der Waals surface area contributed by atoms with Crippen LogP contribution >= 0.6 is 27.5 Å². The molecule has 1 unspecified atom stereocenters. The molecule has 0 spiro atoms. The van der Waals surface area contributed by atoms with Gasteiger partial charge in [0.2, 0.25) is 0 Å². The summed E-state index contributed by atoms with van der Waals surface area (Å²) in [5.74, 6) is -0.237. The molecule has 0 saturated carbocycles. The zero-order chi connectivity index (χ0) is 12.0. The van der Waals surface area contributed by atoms with Crippen molar-refractivity contribution < 1.29 is 4.39 Å². The SMILES string of the molecule is CCCCCCC(Cl)c1ccc(F)c(Br)c1. The van der Waals surface area contributed by atoms with E-state index >= 15 is 0 Å². The average molecular weight is 308 g/mol. The lowest BCUT2D eigenvalue weighted by Crippen LogP contribution is -1.92. The fourth-order valence-electron chi connectivity index (χ4n) is 1.62. The summed E-state index contributed by atoms with van der Waals surface area (Å²) in [4.78, 5) is 0. The second-order valence-corrected chi connectivity index (χ2v) is 5.37. The Bertz CT molecular complexity index is 328. The number of halogens is 3. The van der Waals surface area contributed by atoms with Crippen LogP contribution in [0.15, 0.2) is 22.7 Å². The van der Waals surface area contributed by atoms with E-state index in [0.29, 0.717) is 4.47 Å². The standard InChI is InChI=1S/C13H17BrClF/c1-2-3-4-5-6-12(15)10-7-8-13(16)11(14)9-10/h7-9,12H,2-6H2,1H3. The van der Waals surface area contributed by atoms with Gasteiger partial charge in [0.05, 0.1) is 9.85 Å². The summed E-state index contributed by atoms with van der Waals surface area (Å²) in [6.07, 6.45) is 5.81. The Kier molecular flexibility index (Phi) is 6.37. The lowest BCUT2D eigenvalue weighted by molar-refractivity contribution is 0.612. The summed E-state index contributed by atoms with van der Waals surface area (Å²) in [5, 5.41) is -0.00578. The third-order valence-electron chi connectivity index (χ3n) is 2.62. The molecule has 1 atom stereocenters. The maximum atomic E-state index is 13.0. The van der Waals surface area contributed by atoms with Gasteiger partial charge in [-0.15, -0.1) is 11.6 Å². The number of benzene rings is 1. The molecule has 0 N–H and O–H groups in total. The first-order valence-corrected chi connectivity index (χ1v) is 6.97. The van der Waals surface area contributed by atoms with Gasteiger partial charge in [-0.3, -0.25) is 0 Å². The van der Waals surface area contributed by atoms with E-state index in [1.54, 1.807) is 12.1 Å². The number of alkyl halides is 1. The lowest BCUT2D eigenvalue weighted by Gasteiger charge is -2.10. The van der Waals surface area contributed by atoms with Crippen LogP contribution in [-0.4, -0.2) is 0 Å². The normalized spacial score (nSPS) is 12.8. The van der Waals surface area contributed by atoms with Crippen LogP contribution < -0.4 is 0 Å². The molecule has 0 aliphatic heterocycles. The predicted molar refractivity (Wildman–Crippen MR) is 71.5 cm³/mol. The minimum atomic E-state index is -0.237. The molecule has 1 aromatic rings. The molecule has 0 aliphatic rings. The molecule has 0 nitrogen and oxygen atoms in total. The highest BCUT2D eigenvalue weighted by atomic mass is 79.9. The van der Waals surface area contributed by atoms with Crippen LogP contribution in [0.4, 0.5) is 4.39 Å². The topological polar surface area (TPSA) is 0 Å². The van der Waals surface area contributed by atoms with E-state index in [1.807, 2.05) is 0 Å². The van der Waals surface area contributed by atoms with Gasteiger partial charge >= 0.3 is 0 Å². The van der Waals surface area contributed by atoms with Crippen molar-refractivity contribution in [1.82, 2.24) is 0 Å². The van der Waals surface area contributed by atoms with Crippen LogP contribution in [0.5, 0.6) is 0 Å². The number of hydrogen-bond donors (Lipinski definition) is 0. The summed E-state index contributed by atoms with van der Waals surface area (Å²) in [5.41, 5.74) is 0.992. The van der Waals surface area contributed by atoms with E-state index in [0.717, 1.165) is 18.4 Å². The highest BCUT2D eigenvalue weighted by Crippen LogP contribution is 2.29. The molecule has 0 radical (unpaired) electrons. The van der Waals surface area contributed by atoms with E-state index in [1.165, 1.54) is 25.3 Å². The molecule has 3 heteroatoms. The Balaban J connectivity index is 2.46. The molecule has 1 rings (SSSR count). The summed E-state index contributed by atoms with van der Waals surface area (Å²) < 4.78 is 13.5. The van der Waals surface area contributed by atoms with E-state index in [9.17, 15) is 4.39 Å². The first-order valence-electron chi connectivity index (χ1n) is 5.74.